The Morgan fingerprint density at radius 2 is 2.11 bits per heavy atom. The molecule has 7 heteroatoms. The highest BCUT2D eigenvalue weighted by Gasteiger charge is 2.10. The molecule has 5 nitrogen and oxygen atoms in total. The van der Waals surface area contributed by atoms with E-state index in [-0.39, 0.29) is 10.7 Å². The average Bonchev–Trinajstić information content (AvgIpc) is 2.42. The van der Waals surface area contributed by atoms with Crippen molar-refractivity contribution in [3.05, 3.63) is 52.9 Å². The van der Waals surface area contributed by atoms with Gasteiger partial charge in [0.2, 0.25) is 0 Å². The van der Waals surface area contributed by atoms with Gasteiger partial charge in [0.05, 0.1) is 5.69 Å². The maximum absolute atomic E-state index is 13.5. The first-order valence-corrected chi connectivity index (χ1v) is 5.67. The number of hydrogen-bond acceptors (Lipinski definition) is 4. The van der Waals surface area contributed by atoms with Crippen molar-refractivity contribution in [1.29, 1.82) is 0 Å². The number of carbonyl (C=O) groups is 1. The van der Waals surface area contributed by atoms with E-state index in [1.165, 1.54) is 30.5 Å². The highest BCUT2D eigenvalue weighted by Crippen LogP contribution is 2.19. The number of nitrogens with two attached hydrogens (primary N) is 1. The van der Waals surface area contributed by atoms with Crippen molar-refractivity contribution in [3.63, 3.8) is 0 Å². The Balaban J connectivity index is 2.20. The molecule has 0 saturated carbocycles. The Hall–Kier alpha value is -2.18. The van der Waals surface area contributed by atoms with Crippen LogP contribution in [0.5, 0.6) is 0 Å². The highest BCUT2D eigenvalue weighted by atomic mass is 35.5. The van der Waals surface area contributed by atoms with Gasteiger partial charge in [-0.2, -0.15) is 0 Å². The third-order valence-electron chi connectivity index (χ3n) is 2.35. The molecule has 2 rings (SSSR count). The zero-order valence-corrected chi connectivity index (χ0v) is 10.4. The number of anilines is 2. The Morgan fingerprint density at radius 3 is 2.79 bits per heavy atom. The molecule has 98 valence electrons. The van der Waals surface area contributed by atoms with Gasteiger partial charge in [-0.3, -0.25) is 4.79 Å². The summed E-state index contributed by atoms with van der Waals surface area (Å²) < 4.78 is 13.5. The molecule has 0 aliphatic heterocycles. The van der Waals surface area contributed by atoms with Crippen molar-refractivity contribution in [2.24, 2.45) is 5.84 Å². The Morgan fingerprint density at radius 1 is 1.32 bits per heavy atom. The Bertz CT molecular complexity index is 620. The molecule has 0 aliphatic rings. The van der Waals surface area contributed by atoms with E-state index in [9.17, 15) is 9.18 Å². The van der Waals surface area contributed by atoms with E-state index in [1.54, 1.807) is 0 Å². The first-order valence-electron chi connectivity index (χ1n) is 5.29. The van der Waals surface area contributed by atoms with Crippen molar-refractivity contribution in [2.45, 2.75) is 0 Å². The third kappa shape index (κ3) is 3.18. The van der Waals surface area contributed by atoms with E-state index >= 15 is 0 Å². The summed E-state index contributed by atoms with van der Waals surface area (Å²) in [6, 6.07) is 6.93. The average molecular weight is 281 g/mol. The van der Waals surface area contributed by atoms with E-state index in [0.29, 0.717) is 11.4 Å². The third-order valence-corrected chi connectivity index (χ3v) is 2.58. The second-order valence-electron chi connectivity index (χ2n) is 3.65. The number of amides is 1. The number of aromatic nitrogens is 1. The number of halogens is 2. The predicted octanol–water partition coefficient (Wildman–Crippen LogP) is 2.41. The lowest BCUT2D eigenvalue weighted by Crippen LogP contribution is -2.15. The van der Waals surface area contributed by atoms with Crippen molar-refractivity contribution in [3.8, 4) is 0 Å². The molecule has 1 aromatic heterocycles. The van der Waals surface area contributed by atoms with E-state index in [4.69, 9.17) is 17.4 Å². The highest BCUT2D eigenvalue weighted by molar-refractivity contribution is 6.30. The maximum Gasteiger partial charge on any atom is 0.255 e. The van der Waals surface area contributed by atoms with E-state index in [0.717, 1.165) is 6.07 Å². The van der Waals surface area contributed by atoms with Crippen LogP contribution in [0.25, 0.3) is 0 Å². The molecule has 0 unspecified atom stereocenters. The van der Waals surface area contributed by atoms with Gasteiger partial charge in [-0.1, -0.05) is 11.6 Å². The number of nitrogen functional groups attached to an aromatic ring is 1. The molecular weight excluding hydrogens is 271 g/mol. The first-order chi connectivity index (χ1) is 9.10. The molecule has 0 spiro atoms. The number of benzene rings is 1. The summed E-state index contributed by atoms with van der Waals surface area (Å²) in [5.41, 5.74) is 2.67. The van der Waals surface area contributed by atoms with Gasteiger partial charge in [-0.05, 0) is 30.3 Å². The second-order valence-corrected chi connectivity index (χ2v) is 4.09. The van der Waals surface area contributed by atoms with Gasteiger partial charge < -0.3 is 10.7 Å². The number of hydrogen-bond donors (Lipinski definition) is 3. The molecule has 2 aromatic rings. The zero-order valence-electron chi connectivity index (χ0n) is 9.65. The molecule has 0 aliphatic carbocycles. The standard InChI is InChI=1S/C12H10ClFN4O/c13-8-1-2-10(9(14)6-8)17-12(19)7-3-4-16-11(5-7)18-15/h1-6H,15H2,(H,16,18)(H,17,19). The summed E-state index contributed by atoms with van der Waals surface area (Å²) in [6.45, 7) is 0. The van der Waals surface area contributed by atoms with Gasteiger partial charge >= 0.3 is 0 Å². The molecular formula is C12H10ClFN4O. The summed E-state index contributed by atoms with van der Waals surface area (Å²) in [5, 5.41) is 2.69. The van der Waals surface area contributed by atoms with E-state index in [2.05, 4.69) is 15.7 Å². The fourth-order valence-corrected chi connectivity index (χ4v) is 1.59. The summed E-state index contributed by atoms with van der Waals surface area (Å²) in [5.74, 6) is 4.45. The van der Waals surface area contributed by atoms with Crippen molar-refractivity contribution in [1.82, 2.24) is 4.98 Å². The minimum absolute atomic E-state index is 0.0495. The first kappa shape index (κ1) is 13.3. The van der Waals surface area contributed by atoms with Crippen LogP contribution in [0.4, 0.5) is 15.9 Å². The minimum Gasteiger partial charge on any atom is -0.319 e. The van der Waals surface area contributed by atoms with Gasteiger partial charge in [-0.25, -0.2) is 15.2 Å². The Labute approximate surface area is 113 Å². The lowest BCUT2D eigenvalue weighted by atomic mass is 10.2. The minimum atomic E-state index is -0.605. The second kappa shape index (κ2) is 5.64. The molecule has 1 aromatic carbocycles. The fourth-order valence-electron chi connectivity index (χ4n) is 1.44. The van der Waals surface area contributed by atoms with E-state index < -0.39 is 11.7 Å². The molecule has 19 heavy (non-hydrogen) atoms. The SMILES string of the molecule is NNc1cc(C(=O)Nc2ccc(Cl)cc2F)ccn1. The van der Waals surface area contributed by atoms with Crippen LogP contribution in [0.3, 0.4) is 0 Å². The van der Waals surface area contributed by atoms with Gasteiger partial charge in [0, 0.05) is 16.8 Å². The summed E-state index contributed by atoms with van der Waals surface area (Å²) in [6.07, 6.45) is 1.42. The van der Waals surface area contributed by atoms with Crippen LogP contribution in [-0.2, 0) is 0 Å². The van der Waals surface area contributed by atoms with Crippen molar-refractivity contribution < 1.29 is 9.18 Å². The van der Waals surface area contributed by atoms with Crippen molar-refractivity contribution in [2.75, 3.05) is 10.7 Å². The quantitative estimate of drug-likeness (QED) is 0.596. The van der Waals surface area contributed by atoms with Crippen LogP contribution in [0, 0.1) is 5.82 Å². The van der Waals surface area contributed by atoms with Gasteiger partial charge in [0.25, 0.3) is 5.91 Å². The molecule has 0 radical (unpaired) electrons. The van der Waals surface area contributed by atoms with Crippen LogP contribution in [0.1, 0.15) is 10.4 Å². The van der Waals surface area contributed by atoms with E-state index in [1.807, 2.05) is 0 Å². The number of nitrogens with one attached hydrogen (secondary N) is 2. The number of carbonyl (C=O) groups excluding carboxylic acids is 1. The zero-order chi connectivity index (χ0) is 13.8. The maximum atomic E-state index is 13.5. The molecule has 0 bridgehead atoms. The van der Waals surface area contributed by atoms with Crippen LogP contribution in [0.2, 0.25) is 5.02 Å². The van der Waals surface area contributed by atoms with Crippen LogP contribution in [-0.4, -0.2) is 10.9 Å². The monoisotopic (exact) mass is 280 g/mol. The van der Waals surface area contributed by atoms with Gasteiger partial charge in [0.1, 0.15) is 11.6 Å². The Kier molecular flexibility index (Phi) is 3.94. The number of rotatable bonds is 3. The van der Waals surface area contributed by atoms with Gasteiger partial charge in [-0.15, -0.1) is 0 Å². The number of nitrogens with zero attached hydrogens (tertiary/aromatic N) is 1. The lowest BCUT2D eigenvalue weighted by Gasteiger charge is -2.07. The summed E-state index contributed by atoms with van der Waals surface area (Å²) in [4.78, 5) is 15.8. The van der Waals surface area contributed by atoms with Crippen LogP contribution < -0.4 is 16.6 Å². The largest absolute Gasteiger partial charge is 0.319 e. The lowest BCUT2D eigenvalue weighted by molar-refractivity contribution is 0.102. The molecule has 4 N–H and O–H groups in total. The normalized spacial score (nSPS) is 10.1. The smallest absolute Gasteiger partial charge is 0.255 e. The topological polar surface area (TPSA) is 80.0 Å². The molecule has 1 heterocycles. The molecule has 0 atom stereocenters. The predicted molar refractivity (Wildman–Crippen MR) is 71.4 cm³/mol. The molecule has 1 amide bonds. The molecule has 0 fully saturated rings. The molecule has 0 saturated heterocycles. The summed E-state index contributed by atoms with van der Waals surface area (Å²) in [7, 11) is 0. The number of pyridine rings is 1. The van der Waals surface area contributed by atoms with Crippen LogP contribution in [0.15, 0.2) is 36.5 Å². The fraction of sp³-hybridized carbons (Fsp3) is 0. The van der Waals surface area contributed by atoms with Crippen LogP contribution >= 0.6 is 11.6 Å². The van der Waals surface area contributed by atoms with Gasteiger partial charge in [0.15, 0.2) is 0 Å². The summed E-state index contributed by atoms with van der Waals surface area (Å²) >= 11 is 5.63. The van der Waals surface area contributed by atoms with Crippen molar-refractivity contribution >= 4 is 29.0 Å². The number of hydrazine groups is 1.